The molecule has 0 aromatic heterocycles. The molecule has 1 aliphatic heterocycles. The first-order valence-corrected chi connectivity index (χ1v) is 3.93. The lowest BCUT2D eigenvalue weighted by Crippen LogP contribution is -2.26. The molecular formula is C3H9N3O4S. The highest BCUT2D eigenvalue weighted by molar-refractivity contribution is 7.79. The Hall–Kier alpha value is -0.830. The molecule has 8 heteroatoms. The van der Waals surface area contributed by atoms with Gasteiger partial charge >= 0.3 is 10.4 Å². The molecule has 0 aromatic carbocycles. The minimum Gasteiger partial charge on any atom is -0.385 e. The Morgan fingerprint density at radius 1 is 1.55 bits per heavy atom. The summed E-state index contributed by atoms with van der Waals surface area (Å²) in [5.41, 5.74) is 10.7. The summed E-state index contributed by atoms with van der Waals surface area (Å²) in [6.07, 6.45) is 1.88. The summed E-state index contributed by atoms with van der Waals surface area (Å²) in [5, 5.41) is 0. The van der Waals surface area contributed by atoms with Gasteiger partial charge in [0.15, 0.2) is 0 Å². The van der Waals surface area contributed by atoms with Crippen LogP contribution in [0.3, 0.4) is 0 Å². The largest absolute Gasteiger partial charge is 0.394 e. The Balaban J connectivity index is 0.000000187. The Labute approximate surface area is 63.8 Å². The molecule has 6 N–H and O–H groups in total. The first-order valence-electron chi connectivity index (χ1n) is 2.54. The van der Waals surface area contributed by atoms with Crippen LogP contribution in [0.1, 0.15) is 0 Å². The van der Waals surface area contributed by atoms with E-state index in [0.717, 1.165) is 12.4 Å². The van der Waals surface area contributed by atoms with Crippen LogP contribution in [0.15, 0.2) is 11.9 Å². The number of hydrogen-bond acceptors (Lipinski definition) is 5. The van der Waals surface area contributed by atoms with Gasteiger partial charge in [0.1, 0.15) is 5.82 Å². The van der Waals surface area contributed by atoms with Crippen LogP contribution in [0.4, 0.5) is 0 Å². The van der Waals surface area contributed by atoms with E-state index in [1.807, 2.05) is 6.08 Å². The number of nitrogens with one attached hydrogen (secondary N) is 2. The first kappa shape index (κ1) is 10.2. The molecule has 66 valence electrons. The fraction of sp³-hybridized carbons (Fsp3) is 0.333. The van der Waals surface area contributed by atoms with Crippen molar-refractivity contribution in [2.24, 2.45) is 5.73 Å². The second-order valence-corrected chi connectivity index (χ2v) is 2.51. The van der Waals surface area contributed by atoms with Gasteiger partial charge in [-0.3, -0.25) is 9.11 Å². The van der Waals surface area contributed by atoms with Crippen LogP contribution in [-0.2, 0) is 10.4 Å². The Bertz CT molecular complexity index is 225. The van der Waals surface area contributed by atoms with Crippen molar-refractivity contribution < 1.29 is 17.5 Å². The molecule has 1 rings (SSSR count). The maximum absolute atomic E-state index is 8.74. The van der Waals surface area contributed by atoms with Crippen molar-refractivity contribution in [2.75, 3.05) is 6.54 Å². The molecule has 0 bridgehead atoms. The first-order chi connectivity index (χ1) is 4.89. The summed E-state index contributed by atoms with van der Waals surface area (Å²) in [7, 11) is -4.67. The molecule has 11 heavy (non-hydrogen) atoms. The lowest BCUT2D eigenvalue weighted by atomic mass is 10.6. The van der Waals surface area contributed by atoms with Crippen LogP contribution in [0.25, 0.3) is 0 Å². The third-order valence-electron chi connectivity index (χ3n) is 0.657. The predicted molar refractivity (Wildman–Crippen MR) is 37.6 cm³/mol. The van der Waals surface area contributed by atoms with Gasteiger partial charge in [0.05, 0.1) is 0 Å². The van der Waals surface area contributed by atoms with Gasteiger partial charge in [0, 0.05) is 6.54 Å². The highest BCUT2D eigenvalue weighted by Gasteiger charge is 1.91. The van der Waals surface area contributed by atoms with E-state index < -0.39 is 10.4 Å². The van der Waals surface area contributed by atoms with Gasteiger partial charge in [0.25, 0.3) is 0 Å². The van der Waals surface area contributed by atoms with Gasteiger partial charge in [0.2, 0.25) is 0 Å². The lowest BCUT2D eigenvalue weighted by Gasteiger charge is -1.91. The summed E-state index contributed by atoms with van der Waals surface area (Å²) in [6.45, 7) is 0.839. The van der Waals surface area contributed by atoms with E-state index in [4.69, 9.17) is 23.3 Å². The topological polar surface area (TPSA) is 125 Å². The molecule has 0 spiro atoms. The van der Waals surface area contributed by atoms with E-state index in [9.17, 15) is 0 Å². The summed E-state index contributed by atoms with van der Waals surface area (Å²) in [6, 6.07) is 0. The smallest absolute Gasteiger partial charge is 0.385 e. The zero-order valence-corrected chi connectivity index (χ0v) is 6.30. The molecule has 0 aromatic rings. The van der Waals surface area contributed by atoms with Crippen molar-refractivity contribution in [1.29, 1.82) is 0 Å². The molecule has 7 nitrogen and oxygen atoms in total. The summed E-state index contributed by atoms with van der Waals surface area (Å²) >= 11 is 0. The van der Waals surface area contributed by atoms with Crippen LogP contribution >= 0.6 is 0 Å². The normalized spacial score (nSPS) is 16.0. The monoisotopic (exact) mass is 183 g/mol. The molecule has 0 fully saturated rings. The number of rotatable bonds is 0. The third kappa shape index (κ3) is 12.4. The summed E-state index contributed by atoms with van der Waals surface area (Å²) in [4.78, 5) is 0. The second kappa shape index (κ2) is 4.13. The van der Waals surface area contributed by atoms with Gasteiger partial charge in [-0.05, 0) is 6.08 Å². The van der Waals surface area contributed by atoms with Crippen LogP contribution in [0.2, 0.25) is 0 Å². The van der Waals surface area contributed by atoms with E-state index in [0.29, 0.717) is 0 Å². The van der Waals surface area contributed by atoms with Crippen LogP contribution in [0.5, 0.6) is 0 Å². The molecule has 0 unspecified atom stereocenters. The standard InChI is InChI=1S/C3H7N3.H2O4S/c4-3-1-2-5-6-3;1-5(2,3)4/h1,5-6H,2,4H2;(H2,1,2,3,4). The molecule has 1 heterocycles. The Morgan fingerprint density at radius 3 is 2.09 bits per heavy atom. The van der Waals surface area contributed by atoms with Crippen LogP contribution in [-0.4, -0.2) is 24.1 Å². The fourth-order valence-electron chi connectivity index (χ4n) is 0.365. The Morgan fingerprint density at radius 2 is 2.00 bits per heavy atom. The van der Waals surface area contributed by atoms with E-state index in [1.54, 1.807) is 0 Å². The zero-order valence-electron chi connectivity index (χ0n) is 5.48. The van der Waals surface area contributed by atoms with Crippen molar-refractivity contribution in [2.45, 2.75) is 0 Å². The molecule has 0 saturated heterocycles. The average molecular weight is 183 g/mol. The number of hydrazine groups is 1. The maximum Gasteiger partial charge on any atom is 0.394 e. The van der Waals surface area contributed by atoms with Gasteiger partial charge in [-0.15, -0.1) is 0 Å². The second-order valence-electron chi connectivity index (χ2n) is 1.61. The lowest BCUT2D eigenvalue weighted by molar-refractivity contribution is 0.381. The predicted octanol–water partition coefficient (Wildman–Crippen LogP) is -1.76. The molecule has 0 atom stereocenters. The van der Waals surface area contributed by atoms with Gasteiger partial charge in [-0.25, -0.2) is 5.43 Å². The van der Waals surface area contributed by atoms with Gasteiger partial charge in [-0.2, -0.15) is 8.42 Å². The van der Waals surface area contributed by atoms with Crippen molar-refractivity contribution >= 4 is 10.4 Å². The van der Waals surface area contributed by atoms with E-state index in [1.165, 1.54) is 0 Å². The summed E-state index contributed by atoms with van der Waals surface area (Å²) in [5.74, 6) is 0.718. The zero-order chi connectivity index (χ0) is 8.91. The van der Waals surface area contributed by atoms with Gasteiger partial charge < -0.3 is 11.2 Å². The van der Waals surface area contributed by atoms with Crippen molar-refractivity contribution in [3.8, 4) is 0 Å². The molecule has 0 amide bonds. The maximum atomic E-state index is 8.74. The highest BCUT2D eigenvalue weighted by Crippen LogP contribution is 1.77. The number of nitrogens with two attached hydrogens (primary N) is 1. The van der Waals surface area contributed by atoms with Crippen molar-refractivity contribution in [3.05, 3.63) is 11.9 Å². The van der Waals surface area contributed by atoms with Crippen molar-refractivity contribution in [1.82, 2.24) is 10.9 Å². The average Bonchev–Trinajstić information content (AvgIpc) is 2.12. The quantitative estimate of drug-likeness (QED) is 0.282. The highest BCUT2D eigenvalue weighted by atomic mass is 32.3. The molecule has 1 aliphatic rings. The Kier molecular flexibility index (Phi) is 3.82. The number of hydrogen-bond donors (Lipinski definition) is 5. The molecule has 0 aliphatic carbocycles. The minimum atomic E-state index is -4.67. The molecule has 0 radical (unpaired) electrons. The molecule has 0 saturated carbocycles. The van der Waals surface area contributed by atoms with Crippen LogP contribution in [0, 0.1) is 0 Å². The summed E-state index contributed by atoms with van der Waals surface area (Å²) < 4.78 is 31.6. The third-order valence-corrected chi connectivity index (χ3v) is 0.657. The minimum absolute atomic E-state index is 0.718. The van der Waals surface area contributed by atoms with E-state index in [2.05, 4.69) is 10.9 Å². The van der Waals surface area contributed by atoms with Crippen LogP contribution < -0.4 is 16.6 Å². The SMILES string of the molecule is NC1=CCNN1.O=S(=O)(O)O. The van der Waals surface area contributed by atoms with E-state index >= 15 is 0 Å². The molecular weight excluding hydrogens is 174 g/mol. The fourth-order valence-corrected chi connectivity index (χ4v) is 0.365. The van der Waals surface area contributed by atoms with E-state index in [-0.39, 0.29) is 0 Å². The van der Waals surface area contributed by atoms with Gasteiger partial charge in [-0.1, -0.05) is 0 Å². The van der Waals surface area contributed by atoms with Crippen molar-refractivity contribution in [3.63, 3.8) is 0 Å².